The van der Waals surface area contributed by atoms with Gasteiger partial charge < -0.3 is 5.11 Å². The summed E-state index contributed by atoms with van der Waals surface area (Å²) in [7, 11) is 0. The molecule has 0 aromatic heterocycles. The lowest BCUT2D eigenvalue weighted by molar-refractivity contribution is 0.167. The summed E-state index contributed by atoms with van der Waals surface area (Å²) in [6.45, 7) is 13.5. The standard InChI is InChI=1S/C16H27NO/c1-12(2)10-17(11-13(3)4)14(5)15-6-8-16(18)9-7-15/h6-9,12-14,18H,10-11H2,1-5H3. The number of hydrogen-bond donors (Lipinski definition) is 1. The van der Waals surface area contributed by atoms with Crippen molar-refractivity contribution in [3.8, 4) is 5.75 Å². The lowest BCUT2D eigenvalue weighted by atomic mass is 10.0. The molecule has 0 saturated heterocycles. The molecule has 0 bridgehead atoms. The molecular weight excluding hydrogens is 222 g/mol. The predicted octanol–water partition coefficient (Wildman–Crippen LogP) is 4.07. The lowest BCUT2D eigenvalue weighted by Gasteiger charge is -2.32. The Morgan fingerprint density at radius 1 is 0.889 bits per heavy atom. The molecule has 1 aromatic carbocycles. The smallest absolute Gasteiger partial charge is 0.115 e. The van der Waals surface area contributed by atoms with Gasteiger partial charge in [0.1, 0.15) is 5.75 Å². The molecule has 0 heterocycles. The van der Waals surface area contributed by atoms with Crippen LogP contribution in [0.3, 0.4) is 0 Å². The predicted molar refractivity (Wildman–Crippen MR) is 77.8 cm³/mol. The molecule has 102 valence electrons. The first-order chi connectivity index (χ1) is 8.40. The van der Waals surface area contributed by atoms with Crippen LogP contribution < -0.4 is 0 Å². The zero-order chi connectivity index (χ0) is 13.7. The Balaban J connectivity index is 2.80. The van der Waals surface area contributed by atoms with Crippen molar-refractivity contribution < 1.29 is 5.11 Å². The minimum absolute atomic E-state index is 0.338. The van der Waals surface area contributed by atoms with E-state index in [1.165, 1.54) is 5.56 Å². The number of hydrogen-bond acceptors (Lipinski definition) is 2. The van der Waals surface area contributed by atoms with Gasteiger partial charge in [-0.2, -0.15) is 0 Å². The van der Waals surface area contributed by atoms with E-state index >= 15 is 0 Å². The molecule has 1 rings (SSSR count). The van der Waals surface area contributed by atoms with Gasteiger partial charge in [-0.05, 0) is 36.5 Å². The van der Waals surface area contributed by atoms with E-state index in [0.717, 1.165) is 13.1 Å². The van der Waals surface area contributed by atoms with Crippen molar-refractivity contribution in [1.29, 1.82) is 0 Å². The summed E-state index contributed by atoms with van der Waals surface area (Å²) in [5.74, 6) is 1.68. The van der Waals surface area contributed by atoms with Gasteiger partial charge >= 0.3 is 0 Å². The quantitative estimate of drug-likeness (QED) is 0.821. The molecule has 0 saturated carbocycles. The minimum atomic E-state index is 0.338. The Bertz CT molecular complexity index is 333. The molecule has 1 atom stereocenters. The van der Waals surface area contributed by atoms with Gasteiger partial charge in [-0.15, -0.1) is 0 Å². The van der Waals surface area contributed by atoms with Crippen molar-refractivity contribution in [1.82, 2.24) is 4.90 Å². The van der Waals surface area contributed by atoms with Crippen LogP contribution in [-0.2, 0) is 0 Å². The largest absolute Gasteiger partial charge is 0.508 e. The summed E-state index contributed by atoms with van der Waals surface area (Å²) in [4.78, 5) is 2.53. The highest BCUT2D eigenvalue weighted by Crippen LogP contribution is 2.24. The molecule has 0 aliphatic heterocycles. The molecule has 1 unspecified atom stereocenters. The summed E-state index contributed by atoms with van der Waals surface area (Å²) < 4.78 is 0. The minimum Gasteiger partial charge on any atom is -0.508 e. The number of phenols is 1. The zero-order valence-electron chi connectivity index (χ0n) is 12.4. The van der Waals surface area contributed by atoms with Crippen molar-refractivity contribution in [3.05, 3.63) is 29.8 Å². The molecule has 2 nitrogen and oxygen atoms in total. The molecule has 1 aromatic rings. The fourth-order valence-electron chi connectivity index (χ4n) is 2.29. The van der Waals surface area contributed by atoms with E-state index in [9.17, 15) is 5.11 Å². The fourth-order valence-corrected chi connectivity index (χ4v) is 2.29. The van der Waals surface area contributed by atoms with Crippen molar-refractivity contribution in [3.63, 3.8) is 0 Å². The van der Waals surface area contributed by atoms with E-state index in [2.05, 4.69) is 39.5 Å². The van der Waals surface area contributed by atoms with Crippen LogP contribution in [0.25, 0.3) is 0 Å². The number of nitrogens with zero attached hydrogens (tertiary/aromatic N) is 1. The van der Waals surface area contributed by atoms with Crippen LogP contribution in [-0.4, -0.2) is 23.1 Å². The molecule has 2 heteroatoms. The average Bonchev–Trinajstić information content (AvgIpc) is 2.27. The first-order valence-corrected chi connectivity index (χ1v) is 6.93. The monoisotopic (exact) mass is 249 g/mol. The van der Waals surface area contributed by atoms with Gasteiger partial charge in [0.2, 0.25) is 0 Å². The molecular formula is C16H27NO. The van der Waals surface area contributed by atoms with Crippen molar-refractivity contribution >= 4 is 0 Å². The van der Waals surface area contributed by atoms with E-state index in [4.69, 9.17) is 0 Å². The summed E-state index contributed by atoms with van der Waals surface area (Å²) >= 11 is 0. The van der Waals surface area contributed by atoms with E-state index < -0.39 is 0 Å². The molecule has 0 aliphatic carbocycles. The highest BCUT2D eigenvalue weighted by Gasteiger charge is 2.17. The molecule has 0 radical (unpaired) electrons. The molecule has 0 spiro atoms. The van der Waals surface area contributed by atoms with Gasteiger partial charge in [-0.1, -0.05) is 39.8 Å². The van der Waals surface area contributed by atoms with Crippen LogP contribution in [0.2, 0.25) is 0 Å². The molecule has 1 N–H and O–H groups in total. The highest BCUT2D eigenvalue weighted by atomic mass is 16.3. The van der Waals surface area contributed by atoms with Gasteiger partial charge in [-0.25, -0.2) is 0 Å². The molecule has 0 amide bonds. The van der Waals surface area contributed by atoms with Gasteiger partial charge in [-0.3, -0.25) is 4.90 Å². The van der Waals surface area contributed by atoms with Gasteiger partial charge in [0.15, 0.2) is 0 Å². The van der Waals surface area contributed by atoms with Crippen LogP contribution in [0, 0.1) is 11.8 Å². The van der Waals surface area contributed by atoms with E-state index in [-0.39, 0.29) is 0 Å². The molecule has 18 heavy (non-hydrogen) atoms. The number of benzene rings is 1. The van der Waals surface area contributed by atoms with Crippen LogP contribution in [0.5, 0.6) is 5.75 Å². The fraction of sp³-hybridized carbons (Fsp3) is 0.625. The maximum Gasteiger partial charge on any atom is 0.115 e. The normalized spacial score (nSPS) is 13.6. The maximum absolute atomic E-state index is 9.35. The van der Waals surface area contributed by atoms with Crippen LogP contribution in [0.4, 0.5) is 0 Å². The first-order valence-electron chi connectivity index (χ1n) is 6.93. The van der Waals surface area contributed by atoms with Crippen LogP contribution >= 0.6 is 0 Å². The summed E-state index contributed by atoms with van der Waals surface area (Å²) in [6.07, 6.45) is 0. The summed E-state index contributed by atoms with van der Waals surface area (Å²) in [5, 5.41) is 9.35. The summed E-state index contributed by atoms with van der Waals surface area (Å²) in [5.41, 5.74) is 1.27. The van der Waals surface area contributed by atoms with E-state index in [1.54, 1.807) is 12.1 Å². The Kier molecular flexibility index (Phi) is 5.67. The van der Waals surface area contributed by atoms with Crippen LogP contribution in [0.1, 0.15) is 46.2 Å². The SMILES string of the molecule is CC(C)CN(CC(C)C)C(C)c1ccc(O)cc1. The van der Waals surface area contributed by atoms with Gasteiger partial charge in [0, 0.05) is 19.1 Å². The van der Waals surface area contributed by atoms with Crippen molar-refractivity contribution in [2.75, 3.05) is 13.1 Å². The van der Waals surface area contributed by atoms with E-state index in [1.807, 2.05) is 12.1 Å². The van der Waals surface area contributed by atoms with Crippen molar-refractivity contribution in [2.24, 2.45) is 11.8 Å². The van der Waals surface area contributed by atoms with Crippen LogP contribution in [0.15, 0.2) is 24.3 Å². The number of rotatable bonds is 6. The highest BCUT2D eigenvalue weighted by molar-refractivity contribution is 5.27. The number of aromatic hydroxyl groups is 1. The maximum atomic E-state index is 9.35. The topological polar surface area (TPSA) is 23.5 Å². The van der Waals surface area contributed by atoms with Gasteiger partial charge in [0.05, 0.1) is 0 Å². The average molecular weight is 249 g/mol. The Labute approximate surface area is 112 Å². The number of phenolic OH excluding ortho intramolecular Hbond substituents is 1. The third-order valence-electron chi connectivity index (χ3n) is 3.12. The first kappa shape index (κ1) is 15.0. The molecule has 0 aliphatic rings. The van der Waals surface area contributed by atoms with Crippen molar-refractivity contribution in [2.45, 2.75) is 40.7 Å². The second-order valence-corrected chi connectivity index (χ2v) is 6.01. The third-order valence-corrected chi connectivity index (χ3v) is 3.12. The summed E-state index contributed by atoms with van der Waals surface area (Å²) in [6, 6.07) is 7.99. The molecule has 0 fully saturated rings. The van der Waals surface area contributed by atoms with Gasteiger partial charge in [0.25, 0.3) is 0 Å². The third kappa shape index (κ3) is 4.69. The Morgan fingerprint density at radius 3 is 1.72 bits per heavy atom. The second kappa shape index (κ2) is 6.79. The second-order valence-electron chi connectivity index (χ2n) is 6.01. The zero-order valence-corrected chi connectivity index (χ0v) is 12.4. The Morgan fingerprint density at radius 2 is 1.33 bits per heavy atom. The van der Waals surface area contributed by atoms with E-state index in [0.29, 0.717) is 23.6 Å². The Hall–Kier alpha value is -1.02. The lowest BCUT2D eigenvalue weighted by Crippen LogP contribution is -2.33.